The average Bonchev–Trinajstić information content (AvgIpc) is 2.64. The Balaban J connectivity index is 1.88. The van der Waals surface area contributed by atoms with Gasteiger partial charge in [-0.3, -0.25) is 0 Å². The molecular weight excluding hydrogens is 184 g/mol. The molecular formula is C11H21ClO. The summed E-state index contributed by atoms with van der Waals surface area (Å²) in [6.45, 7) is 3.13. The van der Waals surface area contributed by atoms with Crippen molar-refractivity contribution in [2.75, 3.05) is 6.61 Å². The number of rotatable bonds is 6. The van der Waals surface area contributed by atoms with E-state index in [1.807, 2.05) is 0 Å². The van der Waals surface area contributed by atoms with Gasteiger partial charge < -0.3 is 4.74 Å². The Morgan fingerprint density at radius 3 is 2.92 bits per heavy atom. The molecule has 0 aromatic carbocycles. The monoisotopic (exact) mass is 204 g/mol. The van der Waals surface area contributed by atoms with Gasteiger partial charge in [-0.2, -0.15) is 0 Å². The summed E-state index contributed by atoms with van der Waals surface area (Å²) in [6, 6.07) is 0. The highest BCUT2D eigenvalue weighted by Gasteiger charge is 2.14. The summed E-state index contributed by atoms with van der Waals surface area (Å²) in [5, 5.41) is 0.393. The molecule has 2 unspecified atom stereocenters. The first-order chi connectivity index (χ1) is 6.33. The Morgan fingerprint density at radius 1 is 1.46 bits per heavy atom. The van der Waals surface area contributed by atoms with Crippen molar-refractivity contribution in [3.8, 4) is 0 Å². The van der Waals surface area contributed by atoms with Crippen LogP contribution in [0.5, 0.6) is 0 Å². The van der Waals surface area contributed by atoms with Crippen molar-refractivity contribution in [1.29, 1.82) is 0 Å². The van der Waals surface area contributed by atoms with Crippen molar-refractivity contribution in [3.05, 3.63) is 0 Å². The second kappa shape index (κ2) is 6.67. The molecule has 0 aromatic rings. The summed E-state index contributed by atoms with van der Waals surface area (Å²) < 4.78 is 5.55. The highest BCUT2D eigenvalue weighted by atomic mass is 35.5. The summed E-state index contributed by atoms with van der Waals surface area (Å²) >= 11 is 6.03. The van der Waals surface area contributed by atoms with Crippen LogP contribution in [0.15, 0.2) is 0 Å². The maximum absolute atomic E-state index is 6.03. The van der Waals surface area contributed by atoms with Gasteiger partial charge in [0.05, 0.1) is 6.10 Å². The van der Waals surface area contributed by atoms with Gasteiger partial charge in [0.15, 0.2) is 0 Å². The molecule has 0 aliphatic carbocycles. The van der Waals surface area contributed by atoms with E-state index < -0.39 is 0 Å². The van der Waals surface area contributed by atoms with Gasteiger partial charge in [0.1, 0.15) is 0 Å². The molecule has 0 bridgehead atoms. The molecule has 1 fully saturated rings. The van der Waals surface area contributed by atoms with E-state index in [0.29, 0.717) is 11.5 Å². The lowest BCUT2D eigenvalue weighted by Gasteiger charge is -2.09. The van der Waals surface area contributed by atoms with Gasteiger partial charge in [-0.15, -0.1) is 11.6 Å². The molecule has 0 N–H and O–H groups in total. The lowest BCUT2D eigenvalue weighted by molar-refractivity contribution is 0.102. The van der Waals surface area contributed by atoms with E-state index in [0.717, 1.165) is 13.0 Å². The second-order valence-corrected chi connectivity index (χ2v) is 4.54. The van der Waals surface area contributed by atoms with Crippen LogP contribution in [0, 0.1) is 0 Å². The largest absolute Gasteiger partial charge is 0.378 e. The molecule has 1 heterocycles. The molecule has 1 aliphatic rings. The van der Waals surface area contributed by atoms with Crippen molar-refractivity contribution in [1.82, 2.24) is 0 Å². The smallest absolute Gasteiger partial charge is 0.0576 e. The van der Waals surface area contributed by atoms with Crippen LogP contribution in [0.2, 0.25) is 0 Å². The zero-order chi connectivity index (χ0) is 9.52. The Labute approximate surface area is 86.8 Å². The van der Waals surface area contributed by atoms with E-state index in [-0.39, 0.29) is 0 Å². The van der Waals surface area contributed by atoms with Gasteiger partial charge in [-0.1, -0.05) is 19.8 Å². The minimum atomic E-state index is 0.393. The van der Waals surface area contributed by atoms with Crippen LogP contribution in [-0.2, 0) is 4.74 Å². The fourth-order valence-corrected chi connectivity index (χ4v) is 1.97. The SMILES string of the molecule is CCC(Cl)CCCCC1CCCO1. The first kappa shape index (κ1) is 11.3. The van der Waals surface area contributed by atoms with Crippen LogP contribution in [-0.4, -0.2) is 18.1 Å². The van der Waals surface area contributed by atoms with E-state index in [1.165, 1.54) is 38.5 Å². The summed E-state index contributed by atoms with van der Waals surface area (Å²) in [5.74, 6) is 0. The Bertz CT molecular complexity index is 121. The van der Waals surface area contributed by atoms with Crippen LogP contribution in [0.25, 0.3) is 0 Å². The van der Waals surface area contributed by atoms with E-state index in [9.17, 15) is 0 Å². The zero-order valence-corrected chi connectivity index (χ0v) is 9.35. The molecule has 0 spiro atoms. The van der Waals surface area contributed by atoms with Crippen molar-refractivity contribution in [2.24, 2.45) is 0 Å². The Hall–Kier alpha value is 0.250. The Kier molecular flexibility index (Phi) is 5.81. The summed E-state index contributed by atoms with van der Waals surface area (Å²) in [6.07, 6.45) is 9.17. The third kappa shape index (κ3) is 4.87. The lowest BCUT2D eigenvalue weighted by Crippen LogP contribution is -2.04. The molecule has 2 heteroatoms. The number of hydrogen-bond acceptors (Lipinski definition) is 1. The standard InChI is InChI=1S/C11H21ClO/c1-2-10(12)6-3-4-7-11-8-5-9-13-11/h10-11H,2-9H2,1H3. The quantitative estimate of drug-likeness (QED) is 0.473. The number of hydrogen-bond donors (Lipinski definition) is 0. The summed E-state index contributed by atoms with van der Waals surface area (Å²) in [4.78, 5) is 0. The minimum absolute atomic E-state index is 0.393. The molecule has 1 saturated heterocycles. The molecule has 0 saturated carbocycles. The van der Waals surface area contributed by atoms with Gasteiger partial charge in [0, 0.05) is 12.0 Å². The topological polar surface area (TPSA) is 9.23 Å². The van der Waals surface area contributed by atoms with Crippen molar-refractivity contribution >= 4 is 11.6 Å². The van der Waals surface area contributed by atoms with Crippen LogP contribution in [0.3, 0.4) is 0 Å². The normalized spacial score (nSPS) is 24.9. The fraction of sp³-hybridized carbons (Fsp3) is 1.00. The first-order valence-corrected chi connectivity index (χ1v) is 6.02. The van der Waals surface area contributed by atoms with E-state index >= 15 is 0 Å². The Morgan fingerprint density at radius 2 is 2.31 bits per heavy atom. The van der Waals surface area contributed by atoms with Crippen LogP contribution in [0.4, 0.5) is 0 Å². The fourth-order valence-electron chi connectivity index (χ4n) is 1.81. The summed E-state index contributed by atoms with van der Waals surface area (Å²) in [5.41, 5.74) is 0. The van der Waals surface area contributed by atoms with Crippen molar-refractivity contribution in [2.45, 2.75) is 63.4 Å². The van der Waals surface area contributed by atoms with E-state index in [4.69, 9.17) is 16.3 Å². The lowest BCUT2D eigenvalue weighted by atomic mass is 10.1. The van der Waals surface area contributed by atoms with E-state index in [2.05, 4.69) is 6.92 Å². The average molecular weight is 205 g/mol. The predicted molar refractivity (Wildman–Crippen MR) is 57.4 cm³/mol. The van der Waals surface area contributed by atoms with Gasteiger partial charge in [-0.05, 0) is 32.1 Å². The van der Waals surface area contributed by atoms with Crippen LogP contribution >= 0.6 is 11.6 Å². The maximum Gasteiger partial charge on any atom is 0.0576 e. The minimum Gasteiger partial charge on any atom is -0.378 e. The van der Waals surface area contributed by atoms with Crippen molar-refractivity contribution in [3.63, 3.8) is 0 Å². The third-order valence-electron chi connectivity index (χ3n) is 2.76. The van der Waals surface area contributed by atoms with Crippen LogP contribution < -0.4 is 0 Å². The molecule has 13 heavy (non-hydrogen) atoms. The highest BCUT2D eigenvalue weighted by Crippen LogP contribution is 2.19. The number of alkyl halides is 1. The predicted octanol–water partition coefficient (Wildman–Crippen LogP) is 3.74. The van der Waals surface area contributed by atoms with Gasteiger partial charge in [0.25, 0.3) is 0 Å². The summed E-state index contributed by atoms with van der Waals surface area (Å²) in [7, 11) is 0. The molecule has 78 valence electrons. The molecule has 1 aliphatic heterocycles. The highest BCUT2D eigenvalue weighted by molar-refractivity contribution is 6.20. The van der Waals surface area contributed by atoms with E-state index in [1.54, 1.807) is 0 Å². The maximum atomic E-state index is 6.03. The first-order valence-electron chi connectivity index (χ1n) is 5.58. The molecule has 1 rings (SSSR count). The number of halogens is 1. The molecule has 0 aromatic heterocycles. The molecule has 1 nitrogen and oxygen atoms in total. The number of unbranched alkanes of at least 4 members (excludes halogenated alkanes) is 1. The second-order valence-electron chi connectivity index (χ2n) is 3.93. The van der Waals surface area contributed by atoms with Gasteiger partial charge in [0.2, 0.25) is 0 Å². The van der Waals surface area contributed by atoms with Crippen molar-refractivity contribution < 1.29 is 4.74 Å². The van der Waals surface area contributed by atoms with Gasteiger partial charge >= 0.3 is 0 Å². The third-order valence-corrected chi connectivity index (χ3v) is 3.29. The van der Waals surface area contributed by atoms with Gasteiger partial charge in [-0.25, -0.2) is 0 Å². The molecule has 2 atom stereocenters. The molecule has 0 radical (unpaired) electrons. The zero-order valence-electron chi connectivity index (χ0n) is 8.60. The van der Waals surface area contributed by atoms with Crippen LogP contribution in [0.1, 0.15) is 51.9 Å². The number of ether oxygens (including phenoxy) is 1. The molecule has 0 amide bonds.